The highest BCUT2D eigenvalue weighted by atomic mass is 35.5. The standard InChI is InChI=1S/C16H20ClN3O2/c1-20(10-14-4-2-3-9-21-14)11-15-18-16(19-22-15)12-5-7-13(17)8-6-12/h5-8,14H,2-4,9-11H2,1H3. The van der Waals surface area contributed by atoms with Crippen molar-refractivity contribution in [3.05, 3.63) is 35.2 Å². The Labute approximate surface area is 135 Å². The normalized spacial score (nSPS) is 18.8. The first kappa shape index (κ1) is 15.5. The molecule has 1 aromatic heterocycles. The number of likely N-dealkylation sites (N-methyl/N-ethyl adjacent to an activating group) is 1. The molecule has 1 aromatic carbocycles. The van der Waals surface area contributed by atoms with Crippen LogP contribution < -0.4 is 0 Å². The third kappa shape index (κ3) is 4.06. The number of aromatic nitrogens is 2. The van der Waals surface area contributed by atoms with E-state index in [2.05, 4.69) is 15.0 Å². The lowest BCUT2D eigenvalue weighted by Crippen LogP contribution is -2.33. The van der Waals surface area contributed by atoms with Crippen LogP contribution in [0, 0.1) is 0 Å². The molecule has 0 saturated carbocycles. The summed E-state index contributed by atoms with van der Waals surface area (Å²) in [4.78, 5) is 6.60. The molecule has 1 aliphatic rings. The summed E-state index contributed by atoms with van der Waals surface area (Å²) >= 11 is 5.88. The van der Waals surface area contributed by atoms with Crippen LogP contribution in [0.25, 0.3) is 11.4 Å². The maximum atomic E-state index is 5.88. The van der Waals surface area contributed by atoms with E-state index >= 15 is 0 Å². The van der Waals surface area contributed by atoms with Crippen LogP contribution in [0.5, 0.6) is 0 Å². The van der Waals surface area contributed by atoms with Gasteiger partial charge in [0.2, 0.25) is 11.7 Å². The number of halogens is 1. The summed E-state index contributed by atoms with van der Waals surface area (Å²) in [5, 5.41) is 4.72. The first-order chi connectivity index (χ1) is 10.7. The van der Waals surface area contributed by atoms with Crippen LogP contribution in [-0.2, 0) is 11.3 Å². The van der Waals surface area contributed by atoms with E-state index in [9.17, 15) is 0 Å². The van der Waals surface area contributed by atoms with Crippen molar-refractivity contribution in [3.8, 4) is 11.4 Å². The molecular weight excluding hydrogens is 302 g/mol. The molecule has 0 bridgehead atoms. The van der Waals surface area contributed by atoms with Crippen LogP contribution in [0.1, 0.15) is 25.2 Å². The van der Waals surface area contributed by atoms with Gasteiger partial charge < -0.3 is 9.26 Å². The van der Waals surface area contributed by atoms with E-state index in [1.165, 1.54) is 12.8 Å². The van der Waals surface area contributed by atoms with Crippen LogP contribution in [0.2, 0.25) is 5.02 Å². The van der Waals surface area contributed by atoms with Crippen LogP contribution in [0.4, 0.5) is 0 Å². The van der Waals surface area contributed by atoms with Crippen molar-refractivity contribution in [1.82, 2.24) is 15.0 Å². The summed E-state index contributed by atoms with van der Waals surface area (Å²) in [6.07, 6.45) is 3.87. The van der Waals surface area contributed by atoms with Gasteiger partial charge in [0.05, 0.1) is 12.6 Å². The molecule has 0 radical (unpaired) electrons. The Hall–Kier alpha value is -1.43. The molecule has 22 heavy (non-hydrogen) atoms. The molecule has 1 atom stereocenters. The molecule has 6 heteroatoms. The van der Waals surface area contributed by atoms with Gasteiger partial charge in [0.15, 0.2) is 0 Å². The van der Waals surface area contributed by atoms with E-state index < -0.39 is 0 Å². The Morgan fingerprint density at radius 2 is 2.09 bits per heavy atom. The molecular formula is C16H20ClN3O2. The second kappa shape index (κ2) is 7.22. The fourth-order valence-corrected chi connectivity index (χ4v) is 2.76. The molecule has 5 nitrogen and oxygen atoms in total. The maximum Gasteiger partial charge on any atom is 0.241 e. The minimum Gasteiger partial charge on any atom is -0.377 e. The summed E-state index contributed by atoms with van der Waals surface area (Å²) in [6.45, 7) is 2.39. The van der Waals surface area contributed by atoms with Gasteiger partial charge in [-0.1, -0.05) is 16.8 Å². The highest BCUT2D eigenvalue weighted by molar-refractivity contribution is 6.30. The number of hydrogen-bond donors (Lipinski definition) is 0. The molecule has 0 spiro atoms. The van der Waals surface area contributed by atoms with Crippen LogP contribution >= 0.6 is 11.6 Å². The summed E-state index contributed by atoms with van der Waals surface area (Å²) in [5.74, 6) is 1.21. The molecule has 1 aliphatic heterocycles. The Kier molecular flexibility index (Phi) is 5.08. The van der Waals surface area contributed by atoms with Crippen molar-refractivity contribution in [1.29, 1.82) is 0 Å². The smallest absolute Gasteiger partial charge is 0.241 e. The lowest BCUT2D eigenvalue weighted by Gasteiger charge is -2.26. The molecule has 2 heterocycles. The van der Waals surface area contributed by atoms with E-state index in [0.717, 1.165) is 25.1 Å². The van der Waals surface area contributed by atoms with E-state index in [1.807, 2.05) is 31.3 Å². The van der Waals surface area contributed by atoms with Gasteiger partial charge in [0.1, 0.15) is 0 Å². The second-order valence-corrected chi connectivity index (χ2v) is 6.14. The lowest BCUT2D eigenvalue weighted by molar-refractivity contribution is -0.00382. The molecule has 1 fully saturated rings. The van der Waals surface area contributed by atoms with Crippen molar-refractivity contribution in [2.45, 2.75) is 31.9 Å². The number of benzene rings is 1. The van der Waals surface area contributed by atoms with E-state index in [-0.39, 0.29) is 0 Å². The minimum absolute atomic E-state index is 0.317. The minimum atomic E-state index is 0.317. The van der Waals surface area contributed by atoms with Gasteiger partial charge in [-0.2, -0.15) is 4.98 Å². The average molecular weight is 322 g/mol. The topological polar surface area (TPSA) is 51.4 Å². The molecule has 0 aliphatic carbocycles. The molecule has 1 saturated heterocycles. The van der Waals surface area contributed by atoms with Crippen molar-refractivity contribution in [2.24, 2.45) is 0 Å². The fraction of sp³-hybridized carbons (Fsp3) is 0.500. The lowest BCUT2D eigenvalue weighted by atomic mass is 10.1. The van der Waals surface area contributed by atoms with Crippen molar-refractivity contribution in [2.75, 3.05) is 20.2 Å². The van der Waals surface area contributed by atoms with Gasteiger partial charge in [0, 0.05) is 23.7 Å². The zero-order valence-corrected chi connectivity index (χ0v) is 13.4. The van der Waals surface area contributed by atoms with Gasteiger partial charge in [-0.15, -0.1) is 0 Å². The predicted octanol–water partition coefficient (Wildman–Crippen LogP) is 3.39. The van der Waals surface area contributed by atoms with Gasteiger partial charge >= 0.3 is 0 Å². The van der Waals surface area contributed by atoms with E-state index in [0.29, 0.717) is 29.4 Å². The Bertz CT molecular complexity index is 594. The largest absolute Gasteiger partial charge is 0.377 e. The SMILES string of the molecule is CN(Cc1nc(-c2ccc(Cl)cc2)no1)CC1CCCCO1. The van der Waals surface area contributed by atoms with Crippen molar-refractivity contribution >= 4 is 11.6 Å². The average Bonchev–Trinajstić information content (AvgIpc) is 2.97. The highest BCUT2D eigenvalue weighted by Gasteiger charge is 2.17. The summed E-state index contributed by atoms with van der Waals surface area (Å²) in [7, 11) is 2.05. The fourth-order valence-electron chi connectivity index (χ4n) is 2.63. The Morgan fingerprint density at radius 3 is 2.82 bits per heavy atom. The Morgan fingerprint density at radius 1 is 1.27 bits per heavy atom. The van der Waals surface area contributed by atoms with Crippen molar-refractivity contribution < 1.29 is 9.26 Å². The molecule has 0 N–H and O–H groups in total. The van der Waals surface area contributed by atoms with Gasteiger partial charge in [-0.25, -0.2) is 0 Å². The zero-order valence-electron chi connectivity index (χ0n) is 12.7. The molecule has 0 amide bonds. The van der Waals surface area contributed by atoms with E-state index in [1.54, 1.807) is 0 Å². The van der Waals surface area contributed by atoms with Crippen LogP contribution in [0.3, 0.4) is 0 Å². The number of ether oxygens (including phenoxy) is 1. The number of rotatable bonds is 5. The second-order valence-electron chi connectivity index (χ2n) is 5.70. The van der Waals surface area contributed by atoms with Gasteiger partial charge in [0.25, 0.3) is 0 Å². The molecule has 118 valence electrons. The summed E-state index contributed by atoms with van der Waals surface area (Å²) in [5.41, 5.74) is 0.901. The quantitative estimate of drug-likeness (QED) is 0.845. The third-order valence-electron chi connectivity index (χ3n) is 3.76. The third-order valence-corrected chi connectivity index (χ3v) is 4.02. The summed E-state index contributed by atoms with van der Waals surface area (Å²) < 4.78 is 11.1. The van der Waals surface area contributed by atoms with Crippen LogP contribution in [-0.4, -0.2) is 41.3 Å². The monoisotopic (exact) mass is 321 g/mol. The van der Waals surface area contributed by atoms with Crippen LogP contribution in [0.15, 0.2) is 28.8 Å². The molecule has 3 rings (SSSR count). The first-order valence-electron chi connectivity index (χ1n) is 7.59. The van der Waals surface area contributed by atoms with E-state index in [4.69, 9.17) is 20.9 Å². The number of nitrogens with zero attached hydrogens (tertiary/aromatic N) is 3. The van der Waals surface area contributed by atoms with Gasteiger partial charge in [-0.3, -0.25) is 4.90 Å². The zero-order chi connectivity index (χ0) is 15.4. The molecule has 1 unspecified atom stereocenters. The van der Waals surface area contributed by atoms with Gasteiger partial charge in [-0.05, 0) is 50.6 Å². The molecule has 2 aromatic rings. The highest BCUT2D eigenvalue weighted by Crippen LogP contribution is 2.19. The van der Waals surface area contributed by atoms with Crippen molar-refractivity contribution in [3.63, 3.8) is 0 Å². The number of hydrogen-bond acceptors (Lipinski definition) is 5. The maximum absolute atomic E-state index is 5.88. The summed E-state index contributed by atoms with van der Waals surface area (Å²) in [6, 6.07) is 7.41. The Balaban J connectivity index is 1.57. The predicted molar refractivity (Wildman–Crippen MR) is 84.7 cm³/mol. The first-order valence-corrected chi connectivity index (χ1v) is 7.97.